The van der Waals surface area contributed by atoms with Crippen LogP contribution in [0, 0.1) is 27.6 Å². The Bertz CT molecular complexity index is 2450. The molecular weight excluding hydrogens is 832 g/mol. The van der Waals surface area contributed by atoms with Gasteiger partial charge < -0.3 is 44.6 Å². The van der Waals surface area contributed by atoms with Crippen molar-refractivity contribution >= 4 is 17.1 Å². The molecule has 0 fully saturated rings. The molecule has 0 atom stereocenters. The molecule has 340 valence electrons. The summed E-state index contributed by atoms with van der Waals surface area (Å²) < 4.78 is 74.1. The van der Waals surface area contributed by atoms with Gasteiger partial charge in [0, 0.05) is 42.7 Å². The van der Waals surface area contributed by atoms with E-state index in [-0.39, 0.29) is 29.5 Å². The summed E-state index contributed by atoms with van der Waals surface area (Å²) in [7, 11) is 4.62. The minimum atomic E-state index is -0.800. The zero-order chi connectivity index (χ0) is 46.6. The van der Waals surface area contributed by atoms with Crippen molar-refractivity contribution in [1.29, 1.82) is 0 Å². The maximum atomic E-state index is 14.2. The predicted octanol–water partition coefficient (Wildman–Crippen LogP) is 12.2. The molecule has 0 aliphatic rings. The maximum absolute atomic E-state index is 14.2. The van der Waals surface area contributed by atoms with Crippen molar-refractivity contribution in [3.05, 3.63) is 153 Å². The third-order valence-corrected chi connectivity index (χ3v) is 9.50. The fraction of sp³-hybridized carbons (Fsp3) is 0.265. The number of nitro groups is 1. The van der Waals surface area contributed by atoms with Gasteiger partial charge in [0.2, 0.25) is 0 Å². The summed E-state index contributed by atoms with van der Waals surface area (Å²) in [6.45, 7) is 6.97. The van der Waals surface area contributed by atoms with Gasteiger partial charge >= 0.3 is 0 Å². The molecule has 12 nitrogen and oxygen atoms in total. The molecule has 0 saturated carbocycles. The molecule has 0 radical (unpaired) electrons. The first-order valence-corrected chi connectivity index (χ1v) is 20.5. The number of nitrogens with one attached hydrogen (secondary N) is 1. The van der Waals surface area contributed by atoms with Crippen LogP contribution in [0.1, 0.15) is 50.3 Å². The van der Waals surface area contributed by atoms with Crippen molar-refractivity contribution in [1.82, 2.24) is 0 Å². The van der Waals surface area contributed by atoms with Gasteiger partial charge in [-0.1, -0.05) is 39.0 Å². The van der Waals surface area contributed by atoms with Crippen LogP contribution in [0.15, 0.2) is 109 Å². The number of hydrogen-bond acceptors (Lipinski definition) is 11. The Hall–Kier alpha value is -7.13. The van der Waals surface area contributed by atoms with Crippen LogP contribution in [0.25, 0.3) is 0 Å². The fourth-order valence-electron chi connectivity index (χ4n) is 5.85. The van der Waals surface area contributed by atoms with Gasteiger partial charge in [0.15, 0.2) is 69.2 Å². The summed E-state index contributed by atoms with van der Waals surface area (Å²) in [5, 5.41) is 22.4. The zero-order valence-electron chi connectivity index (χ0n) is 36.7. The molecule has 6 aromatic rings. The number of halogens is 3. The molecule has 0 spiro atoms. The number of benzene rings is 6. The predicted molar refractivity (Wildman–Crippen MR) is 242 cm³/mol. The molecule has 4 N–H and O–H groups in total. The Balaban J connectivity index is 0.000000212. The first kappa shape index (κ1) is 49.5. The number of nitrogen functional groups attached to an aromatic ring is 1. The highest BCUT2D eigenvalue weighted by Crippen LogP contribution is 2.37. The molecule has 0 aliphatic carbocycles. The molecular formula is C49H54F3N3O9. The average Bonchev–Trinajstić information content (AvgIpc) is 3.30. The van der Waals surface area contributed by atoms with Crippen LogP contribution >= 0.6 is 0 Å². The van der Waals surface area contributed by atoms with Crippen molar-refractivity contribution in [2.24, 2.45) is 0 Å². The number of aryl methyl sites for hydroxylation is 3. The van der Waals surface area contributed by atoms with Crippen molar-refractivity contribution in [3.63, 3.8) is 0 Å². The summed E-state index contributed by atoms with van der Waals surface area (Å²) in [4.78, 5) is 9.91. The van der Waals surface area contributed by atoms with Gasteiger partial charge in [-0.3, -0.25) is 10.1 Å². The van der Waals surface area contributed by atoms with Crippen LogP contribution in [0.5, 0.6) is 51.7 Å². The number of aliphatic hydroxyl groups excluding tert-OH is 1. The number of ether oxygens (including phenoxy) is 6. The molecule has 0 unspecified atom stereocenters. The molecule has 0 amide bonds. The van der Waals surface area contributed by atoms with Crippen molar-refractivity contribution in [3.8, 4) is 51.7 Å². The normalized spacial score (nSPS) is 10.3. The third-order valence-electron chi connectivity index (χ3n) is 9.50. The number of anilines is 2. The van der Waals surface area contributed by atoms with Crippen molar-refractivity contribution in [2.45, 2.75) is 52.9 Å². The summed E-state index contributed by atoms with van der Waals surface area (Å²) in [6.07, 6.45) is 4.18. The van der Waals surface area contributed by atoms with Gasteiger partial charge in [0.25, 0.3) is 5.69 Å². The maximum Gasteiger partial charge on any atom is 0.272 e. The molecule has 0 saturated heterocycles. The van der Waals surface area contributed by atoms with Gasteiger partial charge in [0.05, 0.1) is 32.3 Å². The average molecular weight is 886 g/mol. The minimum absolute atomic E-state index is 0.0943. The van der Waals surface area contributed by atoms with E-state index in [0.717, 1.165) is 54.9 Å². The molecule has 6 rings (SSSR count). The van der Waals surface area contributed by atoms with Crippen LogP contribution in [0.2, 0.25) is 0 Å². The second-order valence-corrected chi connectivity index (χ2v) is 13.9. The number of methoxy groups -OCH3 is 3. The lowest BCUT2D eigenvalue weighted by atomic mass is 10.1. The van der Waals surface area contributed by atoms with E-state index in [4.69, 9.17) is 39.3 Å². The van der Waals surface area contributed by atoms with E-state index in [2.05, 4.69) is 19.2 Å². The standard InChI is InChI=1S/C19H24FNO3.C15H14FNO4.C15H16FNO2/c1-3-14-6-8-18(19(12-14)23-2)24-17-9-7-15(13-16(17)20)21-10-4-5-11-22;1-3-10-4-6-14(15(8-10)20-2)21-13-7-5-11(17(18)19)9-12(13)16;1-3-10-4-6-14(15(8-10)18-2)19-13-7-5-11(17)9-12(13)16/h6-9,12-13,21-22H,3-5,10-11H2,1-2H3;4-9H,3H2,1-2H3;4-9H,3,17H2,1-2H3. The zero-order valence-corrected chi connectivity index (χ0v) is 36.7. The number of nitrogens with zero attached hydrogens (tertiary/aromatic N) is 1. The third kappa shape index (κ3) is 14.5. The monoisotopic (exact) mass is 885 g/mol. The van der Waals surface area contributed by atoms with Crippen LogP contribution in [0.3, 0.4) is 0 Å². The van der Waals surface area contributed by atoms with Gasteiger partial charge in [-0.25, -0.2) is 13.2 Å². The van der Waals surface area contributed by atoms with Gasteiger partial charge in [-0.2, -0.15) is 0 Å². The lowest BCUT2D eigenvalue weighted by Crippen LogP contribution is -2.03. The second kappa shape index (κ2) is 25.1. The van der Waals surface area contributed by atoms with E-state index in [9.17, 15) is 23.3 Å². The van der Waals surface area contributed by atoms with Crippen LogP contribution in [-0.2, 0) is 19.3 Å². The van der Waals surface area contributed by atoms with E-state index < -0.39 is 22.4 Å². The van der Waals surface area contributed by atoms with E-state index in [1.54, 1.807) is 56.7 Å². The Morgan fingerprint density at radius 3 is 1.33 bits per heavy atom. The SMILES string of the molecule is CCc1ccc(Oc2ccc(N)cc2F)c(OC)c1.CCc1ccc(Oc2ccc(NCCCCO)cc2F)c(OC)c1.CCc1ccc(Oc2ccc([N+](=O)[O-])cc2F)c(OC)c1. The summed E-state index contributed by atoms with van der Waals surface area (Å²) in [5.41, 5.74) is 9.53. The van der Waals surface area contributed by atoms with Gasteiger partial charge in [-0.15, -0.1) is 0 Å². The molecule has 0 aliphatic heterocycles. The Kier molecular flexibility index (Phi) is 19.4. The van der Waals surface area contributed by atoms with E-state index in [0.29, 0.717) is 52.4 Å². The smallest absolute Gasteiger partial charge is 0.272 e. The van der Waals surface area contributed by atoms with Crippen molar-refractivity contribution < 1.29 is 51.6 Å². The molecule has 64 heavy (non-hydrogen) atoms. The van der Waals surface area contributed by atoms with Crippen LogP contribution in [0.4, 0.5) is 30.2 Å². The minimum Gasteiger partial charge on any atom is -0.493 e. The van der Waals surface area contributed by atoms with Gasteiger partial charge in [0.1, 0.15) is 0 Å². The van der Waals surface area contributed by atoms with Crippen LogP contribution in [-0.4, -0.2) is 44.5 Å². The second-order valence-electron chi connectivity index (χ2n) is 13.9. The van der Waals surface area contributed by atoms with Crippen LogP contribution < -0.4 is 39.5 Å². The molecule has 0 bridgehead atoms. The number of aliphatic hydroxyl groups is 1. The van der Waals surface area contributed by atoms with E-state index in [1.165, 1.54) is 37.4 Å². The summed E-state index contributed by atoms with van der Waals surface area (Å²) in [5.74, 6) is 1.39. The quantitative estimate of drug-likeness (QED) is 0.0327. The Morgan fingerprint density at radius 1 is 0.547 bits per heavy atom. The van der Waals surface area contributed by atoms with E-state index >= 15 is 0 Å². The number of rotatable bonds is 18. The molecule has 0 aromatic heterocycles. The van der Waals surface area contributed by atoms with Crippen molar-refractivity contribution in [2.75, 3.05) is 45.5 Å². The topological polar surface area (TPSA) is 157 Å². The number of nitrogens with two attached hydrogens (primary N) is 1. The number of non-ortho nitro benzene ring substituents is 1. The summed E-state index contributed by atoms with van der Waals surface area (Å²) in [6, 6.07) is 28.8. The van der Waals surface area contributed by atoms with Gasteiger partial charge in [-0.05, 0) is 116 Å². The Morgan fingerprint density at radius 2 is 0.953 bits per heavy atom. The highest BCUT2D eigenvalue weighted by Gasteiger charge is 2.15. The van der Waals surface area contributed by atoms with E-state index in [1.807, 2.05) is 37.3 Å². The largest absolute Gasteiger partial charge is 0.493 e. The highest BCUT2D eigenvalue weighted by molar-refractivity contribution is 5.52. The molecule has 0 heterocycles. The Labute approximate surface area is 371 Å². The molecule has 6 aromatic carbocycles. The number of unbranched alkanes of at least 4 members (excludes halogenated alkanes) is 1. The fourth-order valence-corrected chi connectivity index (χ4v) is 5.85. The first-order valence-electron chi connectivity index (χ1n) is 20.5. The summed E-state index contributed by atoms with van der Waals surface area (Å²) >= 11 is 0. The lowest BCUT2D eigenvalue weighted by Gasteiger charge is -2.13. The number of hydrogen-bond donors (Lipinski definition) is 3. The molecule has 15 heteroatoms. The highest BCUT2D eigenvalue weighted by atomic mass is 19.1. The lowest BCUT2D eigenvalue weighted by molar-refractivity contribution is -0.385. The number of nitro benzene ring substituents is 1. The first-order chi connectivity index (χ1) is 30.9.